The Morgan fingerprint density at radius 1 is 1.38 bits per heavy atom. The summed E-state index contributed by atoms with van der Waals surface area (Å²) < 4.78 is 4.98. The molecular formula is C9H13NO3. The molecule has 0 bridgehead atoms. The molecule has 0 saturated carbocycles. The van der Waals surface area contributed by atoms with Gasteiger partial charge in [-0.15, -0.1) is 0 Å². The number of anilines is 1. The zero-order valence-electron chi connectivity index (χ0n) is 7.18. The molecule has 0 spiro atoms. The first-order valence-corrected chi connectivity index (χ1v) is 3.97. The highest BCUT2D eigenvalue weighted by molar-refractivity contribution is 5.40. The van der Waals surface area contributed by atoms with Crippen molar-refractivity contribution in [3.63, 3.8) is 0 Å². The summed E-state index contributed by atoms with van der Waals surface area (Å²) in [6, 6.07) is 7.25. The first kappa shape index (κ1) is 9.98. The number of aliphatic hydroxyl groups excluding tert-OH is 1. The van der Waals surface area contributed by atoms with E-state index in [0.29, 0.717) is 12.3 Å². The molecule has 0 heterocycles. The van der Waals surface area contributed by atoms with Crippen LogP contribution in [0.5, 0.6) is 0 Å². The fourth-order valence-corrected chi connectivity index (χ4v) is 0.965. The molecule has 0 saturated heterocycles. The van der Waals surface area contributed by atoms with Crippen LogP contribution in [0.15, 0.2) is 24.3 Å². The van der Waals surface area contributed by atoms with Gasteiger partial charge in [0, 0.05) is 5.69 Å². The first-order valence-electron chi connectivity index (χ1n) is 3.97. The van der Waals surface area contributed by atoms with Gasteiger partial charge in [0.25, 0.3) is 0 Å². The van der Waals surface area contributed by atoms with Crippen LogP contribution in [-0.4, -0.2) is 23.1 Å². The van der Waals surface area contributed by atoms with Gasteiger partial charge in [-0.2, -0.15) is 0 Å². The Morgan fingerprint density at radius 2 is 2.15 bits per heavy atom. The molecule has 72 valence electrons. The summed E-state index contributed by atoms with van der Waals surface area (Å²) in [4.78, 5) is 0. The second-order valence-electron chi connectivity index (χ2n) is 2.74. The Balaban J connectivity index is 2.37. The molecule has 0 aliphatic carbocycles. The SMILES string of the molecule is Nc1cccc(COCC(O)O)c1. The van der Waals surface area contributed by atoms with Crippen LogP contribution in [-0.2, 0) is 11.3 Å². The number of nitrogen functional groups attached to an aromatic ring is 1. The predicted octanol–water partition coefficient (Wildman–Crippen LogP) is 0.0961. The van der Waals surface area contributed by atoms with E-state index in [2.05, 4.69) is 0 Å². The van der Waals surface area contributed by atoms with Gasteiger partial charge in [0.1, 0.15) is 0 Å². The van der Waals surface area contributed by atoms with Crippen molar-refractivity contribution in [3.8, 4) is 0 Å². The quantitative estimate of drug-likeness (QED) is 0.457. The van der Waals surface area contributed by atoms with Gasteiger partial charge in [-0.1, -0.05) is 12.1 Å². The van der Waals surface area contributed by atoms with Crippen molar-refractivity contribution in [1.82, 2.24) is 0 Å². The summed E-state index contributed by atoms with van der Waals surface area (Å²) >= 11 is 0. The number of aliphatic hydroxyl groups is 2. The molecule has 13 heavy (non-hydrogen) atoms. The highest BCUT2D eigenvalue weighted by atomic mass is 16.5. The molecule has 4 N–H and O–H groups in total. The number of ether oxygens (including phenoxy) is 1. The molecule has 0 amide bonds. The largest absolute Gasteiger partial charge is 0.399 e. The average molecular weight is 183 g/mol. The lowest BCUT2D eigenvalue weighted by Gasteiger charge is -2.05. The number of hydrogen-bond acceptors (Lipinski definition) is 4. The molecule has 1 aromatic carbocycles. The lowest BCUT2D eigenvalue weighted by Crippen LogP contribution is -2.13. The molecule has 0 unspecified atom stereocenters. The zero-order chi connectivity index (χ0) is 9.68. The lowest BCUT2D eigenvalue weighted by atomic mass is 10.2. The fourth-order valence-electron chi connectivity index (χ4n) is 0.965. The van der Waals surface area contributed by atoms with Crippen molar-refractivity contribution in [2.24, 2.45) is 0 Å². The van der Waals surface area contributed by atoms with Crippen molar-refractivity contribution < 1.29 is 14.9 Å². The highest BCUT2D eigenvalue weighted by Crippen LogP contribution is 2.07. The molecule has 1 rings (SSSR count). The standard InChI is InChI=1S/C9H13NO3/c10-8-3-1-2-7(4-8)5-13-6-9(11)12/h1-4,9,11-12H,5-6,10H2. The minimum Gasteiger partial charge on any atom is -0.399 e. The van der Waals surface area contributed by atoms with E-state index < -0.39 is 6.29 Å². The number of nitrogens with two attached hydrogens (primary N) is 1. The third-order valence-corrected chi connectivity index (χ3v) is 1.49. The summed E-state index contributed by atoms with van der Waals surface area (Å²) in [5, 5.41) is 17.0. The molecule has 4 heteroatoms. The number of hydrogen-bond donors (Lipinski definition) is 3. The summed E-state index contributed by atoms with van der Waals surface area (Å²) in [5.41, 5.74) is 7.12. The molecule has 0 aliphatic heterocycles. The predicted molar refractivity (Wildman–Crippen MR) is 48.7 cm³/mol. The van der Waals surface area contributed by atoms with Crippen LogP contribution >= 0.6 is 0 Å². The molecule has 0 radical (unpaired) electrons. The van der Waals surface area contributed by atoms with E-state index >= 15 is 0 Å². The molecule has 0 atom stereocenters. The van der Waals surface area contributed by atoms with E-state index in [1.54, 1.807) is 12.1 Å². The normalized spacial score (nSPS) is 10.7. The van der Waals surface area contributed by atoms with Crippen LogP contribution in [0.3, 0.4) is 0 Å². The van der Waals surface area contributed by atoms with Gasteiger partial charge >= 0.3 is 0 Å². The van der Waals surface area contributed by atoms with E-state index in [1.165, 1.54) is 0 Å². The Hall–Kier alpha value is -1.10. The molecule has 0 aromatic heterocycles. The van der Waals surface area contributed by atoms with Gasteiger partial charge < -0.3 is 20.7 Å². The maximum atomic E-state index is 8.49. The Labute approximate surface area is 76.6 Å². The Kier molecular flexibility index (Phi) is 3.70. The first-order chi connectivity index (χ1) is 6.18. The summed E-state index contributed by atoms with van der Waals surface area (Å²) in [6.07, 6.45) is -1.42. The van der Waals surface area contributed by atoms with Gasteiger partial charge in [0.15, 0.2) is 6.29 Å². The van der Waals surface area contributed by atoms with E-state index in [-0.39, 0.29) is 6.61 Å². The Morgan fingerprint density at radius 3 is 2.77 bits per heavy atom. The molecular weight excluding hydrogens is 170 g/mol. The minimum absolute atomic E-state index is 0.0885. The lowest BCUT2D eigenvalue weighted by molar-refractivity contribution is -0.0981. The van der Waals surface area contributed by atoms with Gasteiger partial charge in [-0.25, -0.2) is 0 Å². The van der Waals surface area contributed by atoms with Gasteiger partial charge in [0.05, 0.1) is 13.2 Å². The molecule has 0 aliphatic rings. The third-order valence-electron chi connectivity index (χ3n) is 1.49. The van der Waals surface area contributed by atoms with Crippen molar-refractivity contribution in [1.29, 1.82) is 0 Å². The van der Waals surface area contributed by atoms with Crippen LogP contribution in [0.4, 0.5) is 5.69 Å². The fraction of sp³-hybridized carbons (Fsp3) is 0.333. The Bertz CT molecular complexity index is 263. The van der Waals surface area contributed by atoms with Gasteiger partial charge in [-0.3, -0.25) is 0 Å². The molecule has 1 aromatic rings. The van der Waals surface area contributed by atoms with Gasteiger partial charge in [0.2, 0.25) is 0 Å². The highest BCUT2D eigenvalue weighted by Gasteiger charge is 1.98. The topological polar surface area (TPSA) is 75.7 Å². The van der Waals surface area contributed by atoms with Crippen LogP contribution in [0, 0.1) is 0 Å². The molecule has 0 fully saturated rings. The maximum Gasteiger partial charge on any atom is 0.175 e. The third kappa shape index (κ3) is 3.89. The summed E-state index contributed by atoms with van der Waals surface area (Å²) in [5.74, 6) is 0. The average Bonchev–Trinajstić information content (AvgIpc) is 2.03. The van der Waals surface area contributed by atoms with Gasteiger partial charge in [-0.05, 0) is 17.7 Å². The van der Waals surface area contributed by atoms with E-state index in [9.17, 15) is 0 Å². The van der Waals surface area contributed by atoms with Crippen LogP contribution in [0.25, 0.3) is 0 Å². The second-order valence-corrected chi connectivity index (χ2v) is 2.74. The summed E-state index contributed by atoms with van der Waals surface area (Å²) in [6.45, 7) is 0.247. The van der Waals surface area contributed by atoms with Crippen molar-refractivity contribution in [2.45, 2.75) is 12.9 Å². The van der Waals surface area contributed by atoms with Crippen LogP contribution < -0.4 is 5.73 Å². The monoisotopic (exact) mass is 183 g/mol. The number of benzene rings is 1. The number of rotatable bonds is 4. The maximum absolute atomic E-state index is 8.49. The van der Waals surface area contributed by atoms with Crippen molar-refractivity contribution in [2.75, 3.05) is 12.3 Å². The summed E-state index contributed by atoms with van der Waals surface area (Å²) in [7, 11) is 0. The van der Waals surface area contributed by atoms with Crippen molar-refractivity contribution in [3.05, 3.63) is 29.8 Å². The smallest absolute Gasteiger partial charge is 0.175 e. The van der Waals surface area contributed by atoms with E-state index in [1.807, 2.05) is 12.1 Å². The second kappa shape index (κ2) is 4.81. The van der Waals surface area contributed by atoms with Crippen LogP contribution in [0.1, 0.15) is 5.56 Å². The molecule has 4 nitrogen and oxygen atoms in total. The van der Waals surface area contributed by atoms with E-state index in [4.69, 9.17) is 20.7 Å². The van der Waals surface area contributed by atoms with E-state index in [0.717, 1.165) is 5.56 Å². The van der Waals surface area contributed by atoms with Crippen LogP contribution in [0.2, 0.25) is 0 Å². The minimum atomic E-state index is -1.42. The zero-order valence-corrected chi connectivity index (χ0v) is 7.18. The van der Waals surface area contributed by atoms with Crippen molar-refractivity contribution >= 4 is 5.69 Å².